The van der Waals surface area contributed by atoms with Crippen molar-refractivity contribution >= 4 is 43.5 Å². The van der Waals surface area contributed by atoms with Gasteiger partial charge in [0.25, 0.3) is 5.91 Å². The van der Waals surface area contributed by atoms with Gasteiger partial charge in [0.2, 0.25) is 0 Å². The predicted molar refractivity (Wildman–Crippen MR) is 130 cm³/mol. The molecule has 4 rings (SSSR count). The Bertz CT molecular complexity index is 1190. The highest BCUT2D eigenvalue weighted by Gasteiger charge is 2.25. The number of amides is 1. The Morgan fingerprint density at radius 3 is 2.47 bits per heavy atom. The molecule has 0 aliphatic carbocycles. The number of likely N-dealkylation sites (N-methyl/N-ethyl adjacent to an activating group) is 1. The van der Waals surface area contributed by atoms with Crippen molar-refractivity contribution in [2.24, 2.45) is 0 Å². The van der Waals surface area contributed by atoms with Gasteiger partial charge < -0.3 is 19.4 Å². The van der Waals surface area contributed by atoms with Crippen molar-refractivity contribution in [3.63, 3.8) is 0 Å². The van der Waals surface area contributed by atoms with E-state index in [9.17, 15) is 4.79 Å². The van der Waals surface area contributed by atoms with Crippen molar-refractivity contribution in [2.75, 3.05) is 45.3 Å². The first-order valence-corrected chi connectivity index (χ1v) is 11.5. The number of thiazole rings is 1. The quantitative estimate of drug-likeness (QED) is 0.396. The number of nitrogens with zero attached hydrogens (tertiary/aromatic N) is 3. The lowest BCUT2D eigenvalue weighted by Crippen LogP contribution is -2.38. The number of para-hydroxylation sites is 1. The summed E-state index contributed by atoms with van der Waals surface area (Å²) >= 11 is 1.44. The molecule has 2 aromatic heterocycles. The molecule has 0 fully saturated rings. The average molecular weight is 453 g/mol. The first-order valence-electron chi connectivity index (χ1n) is 10.7. The first-order chi connectivity index (χ1) is 15.6. The second kappa shape index (κ2) is 9.58. The van der Waals surface area contributed by atoms with Crippen LogP contribution in [0.3, 0.4) is 0 Å². The number of H-pyrrole nitrogens is 1. The topological polar surface area (TPSA) is 70.7 Å². The first kappa shape index (κ1) is 22.1. The molecule has 0 aliphatic rings. The third kappa shape index (κ3) is 4.03. The number of carbonyl (C=O) groups is 1. The molecule has 0 radical (unpaired) electrons. The van der Waals surface area contributed by atoms with Crippen molar-refractivity contribution in [1.82, 2.24) is 14.9 Å². The Kier molecular flexibility index (Phi) is 6.62. The Morgan fingerprint density at radius 2 is 1.75 bits per heavy atom. The highest BCUT2D eigenvalue weighted by Crippen LogP contribution is 2.40. The minimum absolute atomic E-state index is 0.0772. The number of methoxy groups -OCH3 is 2. The van der Waals surface area contributed by atoms with Gasteiger partial charge in [-0.05, 0) is 31.3 Å². The minimum Gasteiger partial charge on any atom is -0.495 e. The van der Waals surface area contributed by atoms with Crippen molar-refractivity contribution in [2.45, 2.75) is 13.8 Å². The van der Waals surface area contributed by atoms with Gasteiger partial charge in [0.15, 0.2) is 5.13 Å². The van der Waals surface area contributed by atoms with Gasteiger partial charge in [-0.2, -0.15) is 0 Å². The van der Waals surface area contributed by atoms with E-state index < -0.39 is 0 Å². The normalized spacial score (nSPS) is 11.4. The van der Waals surface area contributed by atoms with Crippen molar-refractivity contribution in [1.29, 1.82) is 0 Å². The lowest BCUT2D eigenvalue weighted by Gasteiger charge is -2.24. The van der Waals surface area contributed by atoms with E-state index in [2.05, 4.69) is 23.7 Å². The van der Waals surface area contributed by atoms with E-state index in [1.165, 1.54) is 11.3 Å². The molecular weight excluding hydrogens is 424 g/mol. The van der Waals surface area contributed by atoms with Gasteiger partial charge in [0, 0.05) is 30.2 Å². The Hall–Kier alpha value is -3.10. The summed E-state index contributed by atoms with van der Waals surface area (Å²) in [4.78, 5) is 25.9. The third-order valence-electron chi connectivity index (χ3n) is 5.73. The second-order valence-corrected chi connectivity index (χ2v) is 8.35. The Balaban J connectivity index is 1.79. The summed E-state index contributed by atoms with van der Waals surface area (Å²) in [6, 6.07) is 11.5. The number of nitrogens with one attached hydrogen (secondary N) is 1. The van der Waals surface area contributed by atoms with Crippen molar-refractivity contribution in [3.05, 3.63) is 48.2 Å². The van der Waals surface area contributed by atoms with E-state index in [4.69, 9.17) is 14.5 Å². The molecule has 0 aliphatic heterocycles. The van der Waals surface area contributed by atoms with Crippen LogP contribution in [0.2, 0.25) is 0 Å². The monoisotopic (exact) mass is 452 g/mol. The van der Waals surface area contributed by atoms with Crippen LogP contribution in [-0.2, 0) is 0 Å². The van der Waals surface area contributed by atoms with Gasteiger partial charge >= 0.3 is 0 Å². The van der Waals surface area contributed by atoms with E-state index in [0.717, 1.165) is 35.2 Å². The molecule has 1 amide bonds. The molecule has 32 heavy (non-hydrogen) atoms. The summed E-state index contributed by atoms with van der Waals surface area (Å²) in [7, 11) is 3.26. The highest BCUT2D eigenvalue weighted by atomic mass is 32.1. The number of benzene rings is 2. The van der Waals surface area contributed by atoms with Gasteiger partial charge in [0.1, 0.15) is 21.7 Å². The maximum atomic E-state index is 13.8. The second-order valence-electron chi connectivity index (χ2n) is 7.38. The molecule has 4 aromatic rings. The number of rotatable bonds is 9. The fourth-order valence-corrected chi connectivity index (χ4v) is 4.95. The Morgan fingerprint density at radius 1 is 1.03 bits per heavy atom. The van der Waals surface area contributed by atoms with Gasteiger partial charge in [0.05, 0.1) is 19.8 Å². The molecule has 168 valence electrons. The van der Waals surface area contributed by atoms with Crippen LogP contribution in [-0.4, -0.2) is 61.2 Å². The number of anilines is 1. The molecule has 2 heterocycles. The Labute approximate surface area is 191 Å². The fraction of sp³-hybridized carbons (Fsp3) is 0.333. The summed E-state index contributed by atoms with van der Waals surface area (Å²) in [6.07, 6.45) is 1.78. The fourth-order valence-electron chi connectivity index (χ4n) is 3.85. The molecule has 2 aromatic carbocycles. The SMILES string of the molecule is CCN(CC)CCN(C(=O)c1c[nH]c2ccccc12)c1nc2c(OC)ccc(OC)c2s1. The number of hydrogen-bond donors (Lipinski definition) is 1. The minimum atomic E-state index is -0.0772. The van der Waals surface area contributed by atoms with Gasteiger partial charge in [-0.25, -0.2) is 4.98 Å². The summed E-state index contributed by atoms with van der Waals surface area (Å²) in [5.41, 5.74) is 2.27. The molecule has 0 atom stereocenters. The molecule has 0 saturated heterocycles. The van der Waals surface area contributed by atoms with Crippen LogP contribution in [0.15, 0.2) is 42.6 Å². The molecule has 1 N–H and O–H groups in total. The average Bonchev–Trinajstić information content (AvgIpc) is 3.46. The summed E-state index contributed by atoms with van der Waals surface area (Å²) < 4.78 is 11.9. The number of fused-ring (bicyclic) bond motifs is 2. The molecule has 0 saturated carbocycles. The largest absolute Gasteiger partial charge is 0.495 e. The highest BCUT2D eigenvalue weighted by molar-refractivity contribution is 7.22. The van der Waals surface area contributed by atoms with E-state index in [-0.39, 0.29) is 5.91 Å². The van der Waals surface area contributed by atoms with Gasteiger partial charge in [-0.3, -0.25) is 9.69 Å². The number of ether oxygens (including phenoxy) is 2. The molecule has 8 heteroatoms. The zero-order valence-electron chi connectivity index (χ0n) is 18.8. The maximum absolute atomic E-state index is 13.8. The van der Waals surface area contributed by atoms with E-state index in [1.807, 2.05) is 36.4 Å². The van der Waals surface area contributed by atoms with E-state index >= 15 is 0 Å². The van der Waals surface area contributed by atoms with Crippen LogP contribution < -0.4 is 14.4 Å². The number of carbonyl (C=O) groups excluding carboxylic acids is 1. The number of aromatic amines is 1. The van der Waals surface area contributed by atoms with Crippen LogP contribution >= 0.6 is 11.3 Å². The van der Waals surface area contributed by atoms with E-state index in [0.29, 0.717) is 34.3 Å². The lowest BCUT2D eigenvalue weighted by atomic mass is 10.1. The summed E-state index contributed by atoms with van der Waals surface area (Å²) in [5, 5.41) is 1.53. The zero-order valence-corrected chi connectivity index (χ0v) is 19.7. The zero-order chi connectivity index (χ0) is 22.7. The van der Waals surface area contributed by atoms with Gasteiger partial charge in [-0.1, -0.05) is 43.4 Å². The van der Waals surface area contributed by atoms with Crippen LogP contribution in [0, 0.1) is 0 Å². The lowest BCUT2D eigenvalue weighted by molar-refractivity contribution is 0.0985. The van der Waals surface area contributed by atoms with Crippen LogP contribution in [0.1, 0.15) is 24.2 Å². The molecule has 7 nitrogen and oxygen atoms in total. The van der Waals surface area contributed by atoms with Crippen molar-refractivity contribution in [3.8, 4) is 11.5 Å². The van der Waals surface area contributed by atoms with Gasteiger partial charge in [-0.15, -0.1) is 0 Å². The number of hydrogen-bond acceptors (Lipinski definition) is 6. The standard InChI is InChI=1S/C24H28N4O3S/c1-5-27(6-2)13-14-28(23(29)17-15-25-18-10-8-7-9-16(17)18)24-26-21-19(30-3)11-12-20(31-4)22(21)32-24/h7-12,15,25H,5-6,13-14H2,1-4H3. The smallest absolute Gasteiger partial charge is 0.262 e. The molecule has 0 bridgehead atoms. The molecule has 0 unspecified atom stereocenters. The predicted octanol–water partition coefficient (Wildman–Crippen LogP) is 4.78. The number of aromatic nitrogens is 2. The third-order valence-corrected chi connectivity index (χ3v) is 6.82. The van der Waals surface area contributed by atoms with Crippen LogP contribution in [0.4, 0.5) is 5.13 Å². The summed E-state index contributed by atoms with van der Waals surface area (Å²) in [5.74, 6) is 1.30. The van der Waals surface area contributed by atoms with E-state index in [1.54, 1.807) is 25.3 Å². The van der Waals surface area contributed by atoms with Crippen molar-refractivity contribution < 1.29 is 14.3 Å². The molecule has 0 spiro atoms. The summed E-state index contributed by atoms with van der Waals surface area (Å²) in [6.45, 7) is 7.39. The van der Waals surface area contributed by atoms with Crippen LogP contribution in [0.5, 0.6) is 11.5 Å². The maximum Gasteiger partial charge on any atom is 0.262 e. The van der Waals surface area contributed by atoms with Crippen LogP contribution in [0.25, 0.3) is 21.1 Å². The molecular formula is C24H28N4O3S.